The number of aryl methyl sites for hydroxylation is 1. The first kappa shape index (κ1) is 13.3. The monoisotopic (exact) mass is 270 g/mol. The number of para-hydroxylation sites is 1. The molecule has 3 rings (SSSR count). The van der Waals surface area contributed by atoms with E-state index >= 15 is 0 Å². The van der Waals surface area contributed by atoms with Crippen LogP contribution in [0.4, 0.5) is 0 Å². The van der Waals surface area contributed by atoms with E-state index in [9.17, 15) is 4.79 Å². The molecular weight excluding hydrogens is 248 g/mol. The van der Waals surface area contributed by atoms with E-state index in [1.807, 2.05) is 16.8 Å². The van der Waals surface area contributed by atoms with Gasteiger partial charge >= 0.3 is 0 Å². The average Bonchev–Trinajstić information content (AvgIpc) is 3.03. The third kappa shape index (κ3) is 2.26. The van der Waals surface area contributed by atoms with Crippen LogP contribution < -0.4 is 0 Å². The number of carbonyl (C=O) groups is 1. The second kappa shape index (κ2) is 5.39. The Labute approximate surface area is 120 Å². The zero-order valence-electron chi connectivity index (χ0n) is 12.3. The molecule has 0 amide bonds. The molecular formula is C17H22N2O. The molecule has 0 radical (unpaired) electrons. The van der Waals surface area contributed by atoms with Gasteiger partial charge in [0, 0.05) is 17.8 Å². The lowest BCUT2D eigenvalue weighted by atomic mass is 9.91. The normalized spacial score (nSPS) is 22.5. The van der Waals surface area contributed by atoms with Gasteiger partial charge < -0.3 is 0 Å². The summed E-state index contributed by atoms with van der Waals surface area (Å²) in [5.41, 5.74) is 2.09. The molecule has 2 unspecified atom stereocenters. The van der Waals surface area contributed by atoms with E-state index in [0.29, 0.717) is 18.1 Å². The van der Waals surface area contributed by atoms with Crippen LogP contribution >= 0.6 is 0 Å². The maximum absolute atomic E-state index is 12.5. The molecule has 0 spiro atoms. The van der Waals surface area contributed by atoms with E-state index in [4.69, 9.17) is 0 Å². The number of rotatable bonds is 4. The Kier molecular flexibility index (Phi) is 3.60. The van der Waals surface area contributed by atoms with Gasteiger partial charge in [-0.05, 0) is 31.7 Å². The first-order valence-electron chi connectivity index (χ1n) is 7.67. The van der Waals surface area contributed by atoms with Gasteiger partial charge in [0.1, 0.15) is 5.78 Å². The maximum Gasteiger partial charge on any atom is 0.142 e. The number of ketones is 1. The predicted molar refractivity (Wildman–Crippen MR) is 80.6 cm³/mol. The van der Waals surface area contributed by atoms with Gasteiger partial charge in [0.05, 0.1) is 17.6 Å². The molecule has 3 heteroatoms. The van der Waals surface area contributed by atoms with Crippen LogP contribution in [-0.2, 0) is 17.8 Å². The fraction of sp³-hybridized carbons (Fsp3) is 0.529. The van der Waals surface area contributed by atoms with Gasteiger partial charge in [-0.3, -0.25) is 9.48 Å². The smallest absolute Gasteiger partial charge is 0.142 e. The summed E-state index contributed by atoms with van der Waals surface area (Å²) in [6.45, 7) is 5.14. The minimum atomic E-state index is 0.250. The zero-order valence-corrected chi connectivity index (χ0v) is 12.3. The van der Waals surface area contributed by atoms with Gasteiger partial charge in [-0.15, -0.1) is 0 Å². The van der Waals surface area contributed by atoms with Crippen molar-refractivity contribution in [2.24, 2.45) is 11.8 Å². The topological polar surface area (TPSA) is 34.9 Å². The van der Waals surface area contributed by atoms with Crippen LogP contribution in [0.5, 0.6) is 0 Å². The van der Waals surface area contributed by atoms with E-state index in [-0.39, 0.29) is 5.92 Å². The summed E-state index contributed by atoms with van der Waals surface area (Å²) in [6.07, 6.45) is 3.94. The lowest BCUT2D eigenvalue weighted by Gasteiger charge is -2.12. The van der Waals surface area contributed by atoms with Gasteiger partial charge in [0.15, 0.2) is 0 Å². The molecule has 20 heavy (non-hydrogen) atoms. The Morgan fingerprint density at radius 1 is 1.35 bits per heavy atom. The molecule has 2 atom stereocenters. The third-order valence-electron chi connectivity index (χ3n) is 4.65. The number of carbonyl (C=O) groups excluding carboxylic acids is 1. The molecule has 0 saturated heterocycles. The van der Waals surface area contributed by atoms with Crippen molar-refractivity contribution >= 4 is 16.7 Å². The highest BCUT2D eigenvalue weighted by molar-refractivity contribution is 5.89. The quantitative estimate of drug-likeness (QED) is 0.850. The van der Waals surface area contributed by atoms with Crippen LogP contribution in [-0.4, -0.2) is 15.6 Å². The molecule has 2 aromatic rings. The van der Waals surface area contributed by atoms with Crippen LogP contribution in [0.15, 0.2) is 24.3 Å². The van der Waals surface area contributed by atoms with Crippen LogP contribution in [0.3, 0.4) is 0 Å². The van der Waals surface area contributed by atoms with Crippen LogP contribution in [0.1, 0.15) is 38.8 Å². The second-order valence-electron chi connectivity index (χ2n) is 5.94. The summed E-state index contributed by atoms with van der Waals surface area (Å²) in [6, 6.07) is 8.21. The highest BCUT2D eigenvalue weighted by Gasteiger charge is 2.30. The van der Waals surface area contributed by atoms with Gasteiger partial charge in [-0.2, -0.15) is 5.10 Å². The molecule has 1 aliphatic carbocycles. The van der Waals surface area contributed by atoms with Crippen molar-refractivity contribution in [2.75, 3.05) is 0 Å². The summed E-state index contributed by atoms with van der Waals surface area (Å²) < 4.78 is 2.00. The van der Waals surface area contributed by atoms with Crippen LogP contribution in [0.25, 0.3) is 10.9 Å². The average molecular weight is 270 g/mol. The SMILES string of the molecule is CCn1nc(CC(=O)C2CCCC2C)c2ccccc21. The summed E-state index contributed by atoms with van der Waals surface area (Å²) in [4.78, 5) is 12.5. The summed E-state index contributed by atoms with van der Waals surface area (Å²) >= 11 is 0. The molecule has 3 nitrogen and oxygen atoms in total. The Bertz CT molecular complexity index is 629. The number of aromatic nitrogens is 2. The lowest BCUT2D eigenvalue weighted by Crippen LogP contribution is -2.19. The number of benzene rings is 1. The van der Waals surface area contributed by atoms with Gasteiger partial charge in [-0.1, -0.05) is 31.5 Å². The molecule has 1 aromatic carbocycles. The van der Waals surface area contributed by atoms with Gasteiger partial charge in [-0.25, -0.2) is 0 Å². The fourth-order valence-electron chi connectivity index (χ4n) is 3.49. The summed E-state index contributed by atoms with van der Waals surface area (Å²) in [7, 11) is 0. The maximum atomic E-state index is 12.5. The van der Waals surface area contributed by atoms with Crippen molar-refractivity contribution < 1.29 is 4.79 Å². The lowest BCUT2D eigenvalue weighted by molar-refractivity contribution is -0.123. The summed E-state index contributed by atoms with van der Waals surface area (Å²) in [5, 5.41) is 5.77. The Morgan fingerprint density at radius 3 is 2.85 bits per heavy atom. The van der Waals surface area contributed by atoms with Crippen molar-refractivity contribution in [2.45, 2.75) is 46.1 Å². The van der Waals surface area contributed by atoms with Crippen LogP contribution in [0.2, 0.25) is 0 Å². The zero-order chi connectivity index (χ0) is 14.1. The number of hydrogen-bond acceptors (Lipinski definition) is 2. The van der Waals surface area contributed by atoms with E-state index < -0.39 is 0 Å². The molecule has 0 aliphatic heterocycles. The van der Waals surface area contributed by atoms with Gasteiger partial charge in [0.2, 0.25) is 0 Å². The molecule has 0 bridgehead atoms. The fourth-order valence-corrected chi connectivity index (χ4v) is 3.49. The van der Waals surface area contributed by atoms with Crippen molar-refractivity contribution in [1.82, 2.24) is 9.78 Å². The molecule has 1 saturated carbocycles. The number of nitrogens with zero attached hydrogens (tertiary/aromatic N) is 2. The van der Waals surface area contributed by atoms with Crippen LogP contribution in [0, 0.1) is 11.8 Å². The van der Waals surface area contributed by atoms with Crippen molar-refractivity contribution in [3.63, 3.8) is 0 Å². The largest absolute Gasteiger partial charge is 0.299 e. The Balaban J connectivity index is 1.89. The first-order chi connectivity index (χ1) is 9.70. The number of fused-ring (bicyclic) bond motifs is 1. The molecule has 1 fully saturated rings. The standard InChI is InChI=1S/C17H22N2O/c1-3-19-16-10-5-4-8-14(16)15(18-19)11-17(20)13-9-6-7-12(13)2/h4-5,8,10,12-13H,3,6-7,9,11H2,1-2H3. The molecule has 0 N–H and O–H groups in total. The third-order valence-corrected chi connectivity index (χ3v) is 4.65. The highest BCUT2D eigenvalue weighted by atomic mass is 16.1. The van der Waals surface area contributed by atoms with E-state index in [1.165, 1.54) is 12.8 Å². The molecule has 106 valence electrons. The molecule has 1 heterocycles. The predicted octanol–water partition coefficient (Wildman–Crippen LogP) is 3.60. The Morgan fingerprint density at radius 2 is 2.15 bits per heavy atom. The minimum absolute atomic E-state index is 0.250. The Hall–Kier alpha value is -1.64. The first-order valence-corrected chi connectivity index (χ1v) is 7.67. The number of Topliss-reactive ketones (excluding diaryl/α,β-unsaturated/α-hetero) is 1. The molecule has 1 aromatic heterocycles. The summed E-state index contributed by atoms with van der Waals surface area (Å²) in [5.74, 6) is 1.17. The van der Waals surface area contributed by atoms with E-state index in [2.05, 4.69) is 31.1 Å². The van der Waals surface area contributed by atoms with Crippen molar-refractivity contribution in [1.29, 1.82) is 0 Å². The van der Waals surface area contributed by atoms with Crippen molar-refractivity contribution in [3.05, 3.63) is 30.0 Å². The minimum Gasteiger partial charge on any atom is -0.299 e. The number of hydrogen-bond donors (Lipinski definition) is 0. The van der Waals surface area contributed by atoms with E-state index in [1.54, 1.807) is 0 Å². The second-order valence-corrected chi connectivity index (χ2v) is 5.94. The van der Waals surface area contributed by atoms with Crippen molar-refractivity contribution in [3.8, 4) is 0 Å². The van der Waals surface area contributed by atoms with Gasteiger partial charge in [0.25, 0.3) is 0 Å². The van der Waals surface area contributed by atoms with E-state index in [0.717, 1.165) is 29.6 Å². The highest BCUT2D eigenvalue weighted by Crippen LogP contribution is 2.33. The molecule has 1 aliphatic rings.